The Morgan fingerprint density at radius 3 is 2.70 bits per heavy atom. The van der Waals surface area contributed by atoms with Crippen molar-refractivity contribution in [1.82, 2.24) is 14.9 Å². The van der Waals surface area contributed by atoms with Crippen molar-refractivity contribution in [3.63, 3.8) is 0 Å². The molecule has 3 heterocycles. The smallest absolute Gasteiger partial charge is 0.257 e. The van der Waals surface area contributed by atoms with Gasteiger partial charge in [-0.15, -0.1) is 0 Å². The average molecular weight is 426 g/mol. The van der Waals surface area contributed by atoms with Crippen LogP contribution in [0.2, 0.25) is 5.02 Å². The Balaban J connectivity index is 1.39. The largest absolute Gasteiger partial charge is 0.381 e. The minimum absolute atomic E-state index is 0.0203. The predicted molar refractivity (Wildman–Crippen MR) is 113 cm³/mol. The zero-order valence-electron chi connectivity index (χ0n) is 16.9. The van der Waals surface area contributed by atoms with Crippen LogP contribution in [0.4, 0.5) is 5.95 Å². The molecule has 2 fully saturated rings. The molecule has 0 bridgehead atoms. The van der Waals surface area contributed by atoms with Crippen molar-refractivity contribution >= 4 is 23.5 Å². The van der Waals surface area contributed by atoms with Crippen LogP contribution in [0.1, 0.15) is 53.7 Å². The molecule has 30 heavy (non-hydrogen) atoms. The molecule has 2 saturated heterocycles. The van der Waals surface area contributed by atoms with E-state index in [0.29, 0.717) is 22.1 Å². The molecule has 2 aliphatic heterocycles. The van der Waals surface area contributed by atoms with E-state index in [-0.39, 0.29) is 17.4 Å². The first-order valence-corrected chi connectivity index (χ1v) is 10.5. The molecule has 1 atom stereocenters. The number of carbonyl (C=O) groups is 1. The third kappa shape index (κ3) is 4.25. The van der Waals surface area contributed by atoms with Crippen molar-refractivity contribution in [2.75, 3.05) is 31.6 Å². The summed E-state index contributed by atoms with van der Waals surface area (Å²) in [6.07, 6.45) is 6.21. The second kappa shape index (κ2) is 8.58. The zero-order valence-corrected chi connectivity index (χ0v) is 17.7. The number of ether oxygens (including phenoxy) is 1. The molecule has 4 rings (SSSR count). The minimum atomic E-state index is -0.154. The number of hydrogen-bond acceptors (Lipinski definition) is 6. The first kappa shape index (κ1) is 20.6. The topological polar surface area (TPSA) is 91.1 Å². The van der Waals surface area contributed by atoms with E-state index in [1.807, 2.05) is 17.9 Å². The van der Waals surface area contributed by atoms with Crippen LogP contribution < -0.4 is 5.32 Å². The van der Waals surface area contributed by atoms with E-state index < -0.39 is 0 Å². The molecule has 7 nitrogen and oxygen atoms in total. The maximum Gasteiger partial charge on any atom is 0.257 e. The van der Waals surface area contributed by atoms with Crippen molar-refractivity contribution in [2.45, 2.75) is 32.2 Å². The highest BCUT2D eigenvalue weighted by Gasteiger charge is 2.41. The van der Waals surface area contributed by atoms with Crippen molar-refractivity contribution in [2.24, 2.45) is 5.41 Å². The minimum Gasteiger partial charge on any atom is -0.381 e. The number of nitrogens with zero attached hydrogens (tertiary/aromatic N) is 4. The van der Waals surface area contributed by atoms with E-state index in [1.165, 1.54) is 0 Å². The third-order valence-electron chi connectivity index (χ3n) is 6.12. The summed E-state index contributed by atoms with van der Waals surface area (Å²) in [4.78, 5) is 23.4. The normalized spacial score (nSPS) is 18.8. The zero-order chi connectivity index (χ0) is 21.1. The molecule has 2 aromatic rings. The van der Waals surface area contributed by atoms with Crippen molar-refractivity contribution < 1.29 is 9.53 Å². The van der Waals surface area contributed by atoms with Crippen LogP contribution in [0.25, 0.3) is 0 Å². The van der Waals surface area contributed by atoms with E-state index >= 15 is 0 Å². The maximum atomic E-state index is 12.9. The summed E-state index contributed by atoms with van der Waals surface area (Å²) in [6, 6.07) is 7.10. The van der Waals surface area contributed by atoms with Crippen molar-refractivity contribution in [3.05, 3.63) is 52.3 Å². The summed E-state index contributed by atoms with van der Waals surface area (Å²) in [5.41, 5.74) is 2.07. The van der Waals surface area contributed by atoms with Gasteiger partial charge in [-0.2, -0.15) is 5.26 Å². The van der Waals surface area contributed by atoms with Gasteiger partial charge in [0.05, 0.1) is 23.2 Å². The van der Waals surface area contributed by atoms with Gasteiger partial charge in [-0.25, -0.2) is 9.97 Å². The van der Waals surface area contributed by atoms with Gasteiger partial charge in [0.1, 0.15) is 0 Å². The molecule has 0 unspecified atom stereocenters. The quantitative estimate of drug-likeness (QED) is 0.800. The number of rotatable bonds is 4. The van der Waals surface area contributed by atoms with Gasteiger partial charge < -0.3 is 15.0 Å². The summed E-state index contributed by atoms with van der Waals surface area (Å²) in [5, 5.41) is 12.7. The van der Waals surface area contributed by atoms with Crippen LogP contribution in [-0.2, 0) is 4.74 Å². The van der Waals surface area contributed by atoms with Crippen LogP contribution in [0, 0.1) is 16.7 Å². The summed E-state index contributed by atoms with van der Waals surface area (Å²) in [5.74, 6) is 0.398. The van der Waals surface area contributed by atoms with Crippen LogP contribution in [0.3, 0.4) is 0 Å². The molecule has 1 amide bonds. The monoisotopic (exact) mass is 425 g/mol. The van der Waals surface area contributed by atoms with Crippen molar-refractivity contribution in [3.8, 4) is 6.07 Å². The lowest BCUT2D eigenvalue weighted by Crippen LogP contribution is -2.35. The second-order valence-corrected chi connectivity index (χ2v) is 8.51. The number of nitrogens with one attached hydrogen (secondary N) is 1. The van der Waals surface area contributed by atoms with E-state index in [1.54, 1.807) is 24.5 Å². The summed E-state index contributed by atoms with van der Waals surface area (Å²) in [6.45, 7) is 5.06. The Morgan fingerprint density at radius 1 is 1.30 bits per heavy atom. The molecule has 0 aliphatic carbocycles. The fraction of sp³-hybridized carbons (Fsp3) is 0.455. The van der Waals surface area contributed by atoms with Gasteiger partial charge in [-0.05, 0) is 49.3 Å². The first-order valence-electron chi connectivity index (χ1n) is 10.1. The molecule has 1 spiro atoms. The molecule has 1 N–H and O–H groups in total. The number of amides is 1. The van der Waals surface area contributed by atoms with Crippen LogP contribution in [-0.4, -0.2) is 47.1 Å². The summed E-state index contributed by atoms with van der Waals surface area (Å²) in [7, 11) is 0. The number of hydrogen-bond donors (Lipinski definition) is 1. The molecule has 1 aromatic heterocycles. The van der Waals surface area contributed by atoms with E-state index in [0.717, 1.165) is 51.1 Å². The Hall–Kier alpha value is -2.69. The van der Waals surface area contributed by atoms with Gasteiger partial charge in [0.25, 0.3) is 5.91 Å². The van der Waals surface area contributed by atoms with Gasteiger partial charge in [-0.1, -0.05) is 17.7 Å². The standard InChI is InChI=1S/C22H24ClN5O2/c1-15(18-3-2-16(11-24)10-19(18)23)27-21-25-12-17(13-26-21)20(29)28-7-4-22(14-28)5-8-30-9-6-22/h2-3,10,12-13,15H,4-9,14H2,1H3,(H,25,26,27)/t15-/m1/s1. The Labute approximate surface area is 181 Å². The highest BCUT2D eigenvalue weighted by molar-refractivity contribution is 6.31. The van der Waals surface area contributed by atoms with E-state index in [4.69, 9.17) is 21.6 Å². The number of nitriles is 1. The van der Waals surface area contributed by atoms with E-state index in [2.05, 4.69) is 21.4 Å². The molecule has 0 saturated carbocycles. The number of likely N-dealkylation sites (tertiary alicyclic amines) is 1. The van der Waals surface area contributed by atoms with Crippen LogP contribution in [0.5, 0.6) is 0 Å². The molecule has 8 heteroatoms. The fourth-order valence-electron chi connectivity index (χ4n) is 4.24. The van der Waals surface area contributed by atoms with Crippen LogP contribution >= 0.6 is 11.6 Å². The van der Waals surface area contributed by atoms with Gasteiger partial charge in [-0.3, -0.25) is 4.79 Å². The number of aromatic nitrogens is 2. The van der Waals surface area contributed by atoms with Crippen LogP contribution in [0.15, 0.2) is 30.6 Å². The lowest BCUT2D eigenvalue weighted by Gasteiger charge is -2.33. The van der Waals surface area contributed by atoms with Gasteiger partial charge in [0.15, 0.2) is 0 Å². The molecule has 0 radical (unpaired) electrons. The predicted octanol–water partition coefficient (Wildman–Crippen LogP) is 3.82. The lowest BCUT2D eigenvalue weighted by molar-refractivity contribution is 0.0191. The lowest BCUT2D eigenvalue weighted by atomic mass is 9.80. The highest BCUT2D eigenvalue weighted by atomic mass is 35.5. The molecule has 156 valence electrons. The van der Waals surface area contributed by atoms with Crippen molar-refractivity contribution in [1.29, 1.82) is 5.26 Å². The highest BCUT2D eigenvalue weighted by Crippen LogP contribution is 2.40. The maximum absolute atomic E-state index is 12.9. The molecular weight excluding hydrogens is 402 g/mol. The Bertz CT molecular complexity index is 966. The third-order valence-corrected chi connectivity index (χ3v) is 6.45. The Morgan fingerprint density at radius 2 is 2.03 bits per heavy atom. The number of benzene rings is 1. The molecule has 2 aliphatic rings. The Kier molecular flexibility index (Phi) is 5.89. The fourth-order valence-corrected chi connectivity index (χ4v) is 4.58. The van der Waals surface area contributed by atoms with Gasteiger partial charge in [0.2, 0.25) is 5.95 Å². The SMILES string of the molecule is C[C@@H](Nc1ncc(C(=O)N2CCC3(CCOCC3)C2)cn1)c1ccc(C#N)cc1Cl. The molecular formula is C22H24ClN5O2. The van der Waals surface area contributed by atoms with Gasteiger partial charge in [0, 0.05) is 43.7 Å². The summed E-state index contributed by atoms with van der Waals surface area (Å²) < 4.78 is 5.48. The number of halogens is 1. The second-order valence-electron chi connectivity index (χ2n) is 8.10. The first-order chi connectivity index (χ1) is 14.5. The molecule has 1 aromatic carbocycles. The number of carbonyl (C=O) groups excluding carboxylic acids is 1. The number of anilines is 1. The van der Waals surface area contributed by atoms with Gasteiger partial charge >= 0.3 is 0 Å². The van der Waals surface area contributed by atoms with E-state index in [9.17, 15) is 4.79 Å². The summed E-state index contributed by atoms with van der Waals surface area (Å²) >= 11 is 6.28. The average Bonchev–Trinajstić information content (AvgIpc) is 3.17.